The van der Waals surface area contributed by atoms with E-state index in [1.165, 1.54) is 37.9 Å². The first-order valence-electron chi connectivity index (χ1n) is 8.21. The number of hydrogen-bond acceptors (Lipinski definition) is 6. The highest BCUT2D eigenvalue weighted by atomic mass is 32.2. The van der Waals surface area contributed by atoms with Gasteiger partial charge in [-0.25, -0.2) is 4.39 Å². The van der Waals surface area contributed by atoms with Crippen molar-refractivity contribution < 1.29 is 23.8 Å². The smallest absolute Gasteiger partial charge is 0.308 e. The van der Waals surface area contributed by atoms with E-state index in [2.05, 4.69) is 10.6 Å². The average Bonchev–Trinajstić information content (AvgIpc) is 2.96. The Kier molecular flexibility index (Phi) is 5.27. The third kappa shape index (κ3) is 4.16. The Morgan fingerprint density at radius 1 is 1.19 bits per heavy atom. The van der Waals surface area contributed by atoms with E-state index < -0.39 is 16.8 Å². The number of thioether (sulfide) groups is 1. The van der Waals surface area contributed by atoms with Gasteiger partial charge >= 0.3 is 5.97 Å². The number of carboxylic acid groups (broad SMARTS) is 1. The van der Waals surface area contributed by atoms with Crippen molar-refractivity contribution in [2.24, 2.45) is 0 Å². The third-order valence-electron chi connectivity index (χ3n) is 4.22. The van der Waals surface area contributed by atoms with Crippen LogP contribution in [0.1, 0.15) is 29.3 Å². The van der Waals surface area contributed by atoms with Crippen LogP contribution in [0.3, 0.4) is 0 Å². The van der Waals surface area contributed by atoms with E-state index in [0.717, 1.165) is 5.56 Å². The van der Waals surface area contributed by atoms with Crippen LogP contribution in [0.25, 0.3) is 0 Å². The van der Waals surface area contributed by atoms with Crippen molar-refractivity contribution in [2.75, 3.05) is 17.7 Å². The molecule has 0 saturated heterocycles. The van der Waals surface area contributed by atoms with E-state index in [0.29, 0.717) is 28.4 Å². The number of anilines is 2. The van der Waals surface area contributed by atoms with Gasteiger partial charge in [-0.15, -0.1) is 11.8 Å². The molecule has 1 aliphatic rings. The second-order valence-corrected chi connectivity index (χ2v) is 7.48. The lowest BCUT2D eigenvalue weighted by Crippen LogP contribution is -2.40. The number of ketones is 1. The van der Waals surface area contributed by atoms with Crippen LogP contribution in [-0.2, 0) is 10.5 Å². The number of ether oxygens (including phenoxy) is 1. The number of fused-ring (bicyclic) bond motifs is 1. The molecular formula is C19H19FN2O4S. The zero-order chi connectivity index (χ0) is 19.6. The fraction of sp³-hybridized carbons (Fsp3) is 0.263. The van der Waals surface area contributed by atoms with Gasteiger partial charge in [0.2, 0.25) is 0 Å². The van der Waals surface area contributed by atoms with Crippen molar-refractivity contribution in [3.05, 3.63) is 53.3 Å². The SMILES string of the molecule is COc1ccc(C(C)=O)cc1CSC1(CC(=O)O)Nc2ccc(F)cc2N1. The number of hydrogen-bond donors (Lipinski definition) is 3. The normalized spacial score (nSPS) is 17.6. The van der Waals surface area contributed by atoms with Gasteiger partial charge in [0.25, 0.3) is 0 Å². The van der Waals surface area contributed by atoms with Crippen molar-refractivity contribution >= 4 is 34.9 Å². The van der Waals surface area contributed by atoms with Gasteiger partial charge in [0, 0.05) is 16.9 Å². The van der Waals surface area contributed by atoms with E-state index in [4.69, 9.17) is 4.74 Å². The molecule has 0 radical (unpaired) electrons. The number of carbonyl (C=O) groups is 2. The van der Waals surface area contributed by atoms with Gasteiger partial charge in [-0.3, -0.25) is 9.59 Å². The van der Waals surface area contributed by atoms with E-state index in [9.17, 15) is 19.1 Å². The second kappa shape index (κ2) is 7.48. The van der Waals surface area contributed by atoms with Crippen molar-refractivity contribution in [3.63, 3.8) is 0 Å². The lowest BCUT2D eigenvalue weighted by atomic mass is 10.1. The Labute approximate surface area is 160 Å². The van der Waals surface area contributed by atoms with Crippen molar-refractivity contribution in [1.29, 1.82) is 0 Å². The summed E-state index contributed by atoms with van der Waals surface area (Å²) in [6.45, 7) is 1.48. The van der Waals surface area contributed by atoms with Gasteiger partial charge < -0.3 is 20.5 Å². The number of Topliss-reactive ketones (excluding diaryl/α,β-unsaturated/α-hetero) is 1. The Morgan fingerprint density at radius 3 is 2.59 bits per heavy atom. The predicted molar refractivity (Wildman–Crippen MR) is 103 cm³/mol. The molecule has 1 aliphatic heterocycles. The summed E-state index contributed by atoms with van der Waals surface area (Å²) in [6.07, 6.45) is -0.233. The molecule has 1 unspecified atom stereocenters. The molecule has 0 saturated carbocycles. The molecule has 3 rings (SSSR count). The monoisotopic (exact) mass is 390 g/mol. The topological polar surface area (TPSA) is 87.7 Å². The molecular weight excluding hydrogens is 371 g/mol. The summed E-state index contributed by atoms with van der Waals surface area (Å²) in [4.78, 5) is 22.0. The first kappa shape index (κ1) is 19.0. The van der Waals surface area contributed by atoms with E-state index >= 15 is 0 Å². The van der Waals surface area contributed by atoms with Crippen molar-refractivity contribution in [2.45, 2.75) is 24.1 Å². The molecule has 3 N–H and O–H groups in total. The highest BCUT2D eigenvalue weighted by Gasteiger charge is 2.39. The van der Waals surface area contributed by atoms with Gasteiger partial charge in [0.1, 0.15) is 11.6 Å². The van der Waals surface area contributed by atoms with Crippen molar-refractivity contribution in [3.8, 4) is 5.75 Å². The fourth-order valence-electron chi connectivity index (χ4n) is 2.93. The summed E-state index contributed by atoms with van der Waals surface area (Å²) in [5, 5.41) is 15.6. The van der Waals surface area contributed by atoms with Crippen LogP contribution in [0.4, 0.5) is 15.8 Å². The summed E-state index contributed by atoms with van der Waals surface area (Å²) in [5.74, 6) is -0.479. The molecule has 2 aromatic carbocycles. The first-order chi connectivity index (χ1) is 12.8. The van der Waals surface area contributed by atoms with E-state index in [-0.39, 0.29) is 12.2 Å². The minimum Gasteiger partial charge on any atom is -0.496 e. The largest absolute Gasteiger partial charge is 0.496 e. The van der Waals surface area contributed by atoms with Crippen LogP contribution in [0, 0.1) is 5.82 Å². The van der Waals surface area contributed by atoms with Crippen LogP contribution in [-0.4, -0.2) is 29.0 Å². The maximum atomic E-state index is 13.5. The van der Waals surface area contributed by atoms with Crippen LogP contribution >= 0.6 is 11.8 Å². The summed E-state index contributed by atoms with van der Waals surface area (Å²) in [7, 11) is 1.54. The molecule has 0 aliphatic carbocycles. The molecule has 8 heteroatoms. The number of halogens is 1. The lowest BCUT2D eigenvalue weighted by Gasteiger charge is -2.29. The molecule has 142 valence electrons. The number of nitrogens with one attached hydrogen (secondary N) is 2. The van der Waals surface area contributed by atoms with Gasteiger partial charge in [-0.05, 0) is 43.3 Å². The highest BCUT2D eigenvalue weighted by molar-refractivity contribution is 8.00. The van der Waals surface area contributed by atoms with Crippen LogP contribution in [0.15, 0.2) is 36.4 Å². The van der Waals surface area contributed by atoms with Crippen molar-refractivity contribution in [1.82, 2.24) is 0 Å². The molecule has 1 heterocycles. The Bertz CT molecular complexity index is 905. The highest BCUT2D eigenvalue weighted by Crippen LogP contribution is 2.44. The molecule has 2 aromatic rings. The van der Waals surface area contributed by atoms with Crippen LogP contribution < -0.4 is 15.4 Å². The Hall–Kier alpha value is -2.74. The molecule has 0 amide bonds. The van der Waals surface area contributed by atoms with E-state index in [1.807, 2.05) is 0 Å². The number of rotatable bonds is 7. The van der Waals surface area contributed by atoms with Gasteiger partial charge in [0.15, 0.2) is 10.8 Å². The van der Waals surface area contributed by atoms with Gasteiger partial charge in [0.05, 0.1) is 24.9 Å². The summed E-state index contributed by atoms with van der Waals surface area (Å²) in [6, 6.07) is 9.35. The minimum absolute atomic E-state index is 0.0656. The Balaban J connectivity index is 1.86. The number of carboxylic acids is 1. The lowest BCUT2D eigenvalue weighted by molar-refractivity contribution is -0.137. The first-order valence-corrected chi connectivity index (χ1v) is 9.20. The number of methoxy groups -OCH3 is 1. The molecule has 1 atom stereocenters. The molecule has 0 bridgehead atoms. The minimum atomic E-state index is -1.04. The summed E-state index contributed by atoms with van der Waals surface area (Å²) < 4.78 is 18.9. The fourth-order valence-corrected chi connectivity index (χ4v) is 4.15. The van der Waals surface area contributed by atoms with Gasteiger partial charge in [-0.2, -0.15) is 0 Å². The number of benzene rings is 2. The molecule has 0 fully saturated rings. The molecule has 0 aromatic heterocycles. The quantitative estimate of drug-likeness (QED) is 0.617. The zero-order valence-electron chi connectivity index (χ0n) is 14.8. The van der Waals surface area contributed by atoms with Gasteiger partial charge in [-0.1, -0.05) is 0 Å². The number of aliphatic carboxylic acids is 1. The number of carbonyl (C=O) groups excluding carboxylic acids is 1. The maximum Gasteiger partial charge on any atom is 0.308 e. The zero-order valence-corrected chi connectivity index (χ0v) is 15.7. The maximum absolute atomic E-state index is 13.5. The summed E-state index contributed by atoms with van der Waals surface area (Å²) in [5.41, 5.74) is 2.46. The van der Waals surface area contributed by atoms with E-state index in [1.54, 1.807) is 24.3 Å². The van der Waals surface area contributed by atoms with Crippen LogP contribution in [0.2, 0.25) is 0 Å². The average molecular weight is 390 g/mol. The standard InChI is InChI=1S/C19H19FN2O4S/c1-11(23)12-3-6-17(26-2)13(7-12)10-27-19(9-18(24)25)21-15-5-4-14(20)8-16(15)22-19/h3-8,21-22H,9-10H2,1-2H3,(H,24,25). The third-order valence-corrected chi connectivity index (χ3v) is 5.51. The molecule has 6 nitrogen and oxygen atoms in total. The second-order valence-electron chi connectivity index (χ2n) is 6.21. The predicted octanol–water partition coefficient (Wildman–Crippen LogP) is 3.94. The molecule has 27 heavy (non-hydrogen) atoms. The summed E-state index contributed by atoms with van der Waals surface area (Å²) >= 11 is 1.31. The van der Waals surface area contributed by atoms with Crippen LogP contribution in [0.5, 0.6) is 5.75 Å². The molecule has 0 spiro atoms. The Morgan fingerprint density at radius 2 is 1.93 bits per heavy atom.